The first-order valence-electron chi connectivity index (χ1n) is 11.7. The molecule has 8 heteroatoms. The molecule has 1 saturated heterocycles. The van der Waals surface area contributed by atoms with Crippen LogP contribution in [0.3, 0.4) is 0 Å². The number of carbonyl (C=O) groups is 1. The number of ether oxygens (including phenoxy) is 2. The number of carbonyl (C=O) groups excluding carboxylic acids is 1. The average Bonchev–Trinajstić information content (AvgIpc) is 3.17. The van der Waals surface area contributed by atoms with Crippen LogP contribution in [0.2, 0.25) is 0 Å². The van der Waals surface area contributed by atoms with Gasteiger partial charge in [-0.1, -0.05) is 36.4 Å². The number of benzene rings is 2. The standard InChI is InChI=1S/C27H28N4O3S/c1-18-19(2)35-27-24(18)26(29-23(30-27)17-31-11-13-33-14-12-31)34-22-10-6-9-21(15-22)25(32)28-16-20-7-4-3-5-8-20/h3-10,15H,11-14,16-17H2,1-2H3,(H,28,32). The van der Waals surface area contributed by atoms with Crippen molar-refractivity contribution in [3.8, 4) is 11.6 Å². The van der Waals surface area contributed by atoms with Gasteiger partial charge in [-0.3, -0.25) is 9.69 Å². The summed E-state index contributed by atoms with van der Waals surface area (Å²) < 4.78 is 11.8. The molecular formula is C27H28N4O3S. The van der Waals surface area contributed by atoms with Gasteiger partial charge in [-0.2, -0.15) is 4.98 Å². The van der Waals surface area contributed by atoms with Gasteiger partial charge in [0.2, 0.25) is 5.88 Å². The second-order valence-corrected chi connectivity index (χ2v) is 9.80. The second kappa shape index (κ2) is 10.5. The fourth-order valence-corrected chi connectivity index (χ4v) is 5.09. The topological polar surface area (TPSA) is 76.6 Å². The third-order valence-corrected chi connectivity index (χ3v) is 7.22. The first-order valence-corrected chi connectivity index (χ1v) is 12.6. The minimum absolute atomic E-state index is 0.150. The lowest BCUT2D eigenvalue weighted by molar-refractivity contribution is 0.0330. The van der Waals surface area contributed by atoms with Gasteiger partial charge in [0, 0.05) is 30.1 Å². The van der Waals surface area contributed by atoms with Crippen molar-refractivity contribution in [2.24, 2.45) is 0 Å². The summed E-state index contributed by atoms with van der Waals surface area (Å²) in [6.07, 6.45) is 0. The molecule has 35 heavy (non-hydrogen) atoms. The van der Waals surface area contributed by atoms with Crippen LogP contribution in [-0.2, 0) is 17.8 Å². The molecule has 1 aliphatic rings. The summed E-state index contributed by atoms with van der Waals surface area (Å²) in [5, 5.41) is 3.90. The van der Waals surface area contributed by atoms with Crippen molar-refractivity contribution in [1.29, 1.82) is 0 Å². The number of nitrogens with zero attached hydrogens (tertiary/aromatic N) is 3. The van der Waals surface area contributed by atoms with Crippen LogP contribution >= 0.6 is 11.3 Å². The van der Waals surface area contributed by atoms with Gasteiger partial charge in [0.05, 0.1) is 25.1 Å². The number of rotatable bonds is 7. The van der Waals surface area contributed by atoms with Gasteiger partial charge >= 0.3 is 0 Å². The molecule has 1 aliphatic heterocycles. The van der Waals surface area contributed by atoms with E-state index < -0.39 is 0 Å². The van der Waals surface area contributed by atoms with E-state index in [0.717, 1.165) is 53.5 Å². The lowest BCUT2D eigenvalue weighted by Crippen LogP contribution is -2.36. The molecule has 1 N–H and O–H groups in total. The molecule has 2 aromatic carbocycles. The zero-order valence-corrected chi connectivity index (χ0v) is 20.7. The molecule has 4 aromatic rings. The second-order valence-electron chi connectivity index (χ2n) is 8.60. The summed E-state index contributed by atoms with van der Waals surface area (Å²) in [7, 11) is 0. The fraction of sp³-hybridized carbons (Fsp3) is 0.296. The number of nitrogens with one attached hydrogen (secondary N) is 1. The highest BCUT2D eigenvalue weighted by atomic mass is 32.1. The minimum Gasteiger partial charge on any atom is -0.438 e. The average molecular weight is 489 g/mol. The Bertz CT molecular complexity index is 1330. The van der Waals surface area contributed by atoms with E-state index in [1.165, 1.54) is 4.88 Å². The minimum atomic E-state index is -0.150. The number of fused-ring (bicyclic) bond motifs is 1. The fourth-order valence-electron chi connectivity index (χ4n) is 4.05. The molecular weight excluding hydrogens is 460 g/mol. The summed E-state index contributed by atoms with van der Waals surface area (Å²) in [6.45, 7) is 8.44. The van der Waals surface area contributed by atoms with Crippen LogP contribution in [0.4, 0.5) is 0 Å². The molecule has 0 unspecified atom stereocenters. The van der Waals surface area contributed by atoms with Crippen molar-refractivity contribution in [2.75, 3.05) is 26.3 Å². The number of thiophene rings is 1. The van der Waals surface area contributed by atoms with E-state index in [4.69, 9.17) is 19.4 Å². The van der Waals surface area contributed by atoms with Crippen LogP contribution < -0.4 is 10.1 Å². The Balaban J connectivity index is 1.38. The van der Waals surface area contributed by atoms with E-state index in [1.807, 2.05) is 42.5 Å². The van der Waals surface area contributed by atoms with Crippen molar-refractivity contribution in [3.05, 3.63) is 82.0 Å². The van der Waals surface area contributed by atoms with Gasteiger partial charge in [-0.25, -0.2) is 4.98 Å². The van der Waals surface area contributed by atoms with E-state index >= 15 is 0 Å². The Hall–Kier alpha value is -3.33. The summed E-state index contributed by atoms with van der Waals surface area (Å²) in [4.78, 5) is 26.8. The maximum absolute atomic E-state index is 12.8. The summed E-state index contributed by atoms with van der Waals surface area (Å²) in [5.41, 5.74) is 2.71. The van der Waals surface area contributed by atoms with Crippen molar-refractivity contribution in [3.63, 3.8) is 0 Å². The molecule has 1 fully saturated rings. The van der Waals surface area contributed by atoms with Crippen LogP contribution in [0.5, 0.6) is 11.6 Å². The highest BCUT2D eigenvalue weighted by molar-refractivity contribution is 7.18. The number of aryl methyl sites for hydroxylation is 2. The van der Waals surface area contributed by atoms with Crippen molar-refractivity contribution < 1.29 is 14.3 Å². The number of aromatic nitrogens is 2. The number of morpholine rings is 1. The molecule has 7 nitrogen and oxygen atoms in total. The molecule has 1 amide bonds. The van der Waals surface area contributed by atoms with Gasteiger partial charge in [-0.05, 0) is 43.2 Å². The quantitative estimate of drug-likeness (QED) is 0.400. The molecule has 0 aliphatic carbocycles. The Labute approximate surface area is 208 Å². The molecule has 0 spiro atoms. The third-order valence-electron chi connectivity index (χ3n) is 6.12. The Morgan fingerprint density at radius 3 is 2.69 bits per heavy atom. The van der Waals surface area contributed by atoms with E-state index in [2.05, 4.69) is 24.1 Å². The molecule has 0 atom stereocenters. The van der Waals surface area contributed by atoms with Gasteiger partial charge in [0.15, 0.2) is 0 Å². The van der Waals surface area contributed by atoms with Crippen molar-refractivity contribution in [2.45, 2.75) is 26.9 Å². The summed E-state index contributed by atoms with van der Waals surface area (Å²) in [5.74, 6) is 1.68. The van der Waals surface area contributed by atoms with Crippen LogP contribution in [0.25, 0.3) is 10.2 Å². The monoisotopic (exact) mass is 488 g/mol. The first kappa shape index (κ1) is 23.4. The van der Waals surface area contributed by atoms with Gasteiger partial charge in [-0.15, -0.1) is 11.3 Å². The molecule has 0 radical (unpaired) electrons. The largest absolute Gasteiger partial charge is 0.438 e. The van der Waals surface area contributed by atoms with Crippen LogP contribution in [0, 0.1) is 13.8 Å². The number of amides is 1. The summed E-state index contributed by atoms with van der Waals surface area (Å²) >= 11 is 1.65. The van der Waals surface area contributed by atoms with Crippen LogP contribution in [-0.4, -0.2) is 47.1 Å². The lowest BCUT2D eigenvalue weighted by atomic mass is 10.2. The van der Waals surface area contributed by atoms with E-state index in [1.54, 1.807) is 23.5 Å². The van der Waals surface area contributed by atoms with Gasteiger partial charge < -0.3 is 14.8 Å². The van der Waals surface area contributed by atoms with E-state index in [9.17, 15) is 4.79 Å². The SMILES string of the molecule is Cc1sc2nc(CN3CCOCC3)nc(Oc3cccc(C(=O)NCc4ccccc4)c3)c2c1C. The molecule has 5 rings (SSSR count). The molecule has 0 bridgehead atoms. The molecule has 180 valence electrons. The zero-order valence-electron chi connectivity index (χ0n) is 19.9. The number of hydrogen-bond acceptors (Lipinski definition) is 7. The smallest absolute Gasteiger partial charge is 0.251 e. The third kappa shape index (κ3) is 5.51. The molecule has 2 aromatic heterocycles. The van der Waals surface area contributed by atoms with Crippen molar-refractivity contribution >= 4 is 27.5 Å². The summed E-state index contributed by atoms with van der Waals surface area (Å²) in [6, 6.07) is 17.1. The van der Waals surface area contributed by atoms with Crippen molar-refractivity contribution in [1.82, 2.24) is 20.2 Å². The predicted octanol–water partition coefficient (Wildman–Crippen LogP) is 4.86. The van der Waals surface area contributed by atoms with Gasteiger partial charge in [0.25, 0.3) is 5.91 Å². The Kier molecular flexibility index (Phi) is 7.03. The predicted molar refractivity (Wildman–Crippen MR) is 137 cm³/mol. The van der Waals surface area contributed by atoms with E-state index in [0.29, 0.717) is 30.3 Å². The normalized spacial score (nSPS) is 14.2. The Morgan fingerprint density at radius 1 is 1.09 bits per heavy atom. The maximum Gasteiger partial charge on any atom is 0.251 e. The molecule has 0 saturated carbocycles. The van der Waals surface area contributed by atoms with Gasteiger partial charge in [0.1, 0.15) is 16.4 Å². The maximum atomic E-state index is 12.8. The number of hydrogen-bond donors (Lipinski definition) is 1. The molecule has 3 heterocycles. The lowest BCUT2D eigenvalue weighted by Gasteiger charge is -2.25. The highest BCUT2D eigenvalue weighted by Gasteiger charge is 2.19. The Morgan fingerprint density at radius 2 is 1.89 bits per heavy atom. The highest BCUT2D eigenvalue weighted by Crippen LogP contribution is 2.36. The zero-order chi connectivity index (χ0) is 24.2. The van der Waals surface area contributed by atoms with Crippen LogP contribution in [0.15, 0.2) is 54.6 Å². The van der Waals surface area contributed by atoms with Crippen LogP contribution in [0.1, 0.15) is 32.2 Å². The first-order chi connectivity index (χ1) is 17.1. The van der Waals surface area contributed by atoms with E-state index in [-0.39, 0.29) is 5.91 Å².